The Morgan fingerprint density at radius 2 is 1.72 bits per heavy atom. The van der Waals surface area contributed by atoms with Gasteiger partial charge in [-0.15, -0.1) is 0 Å². The van der Waals surface area contributed by atoms with Crippen LogP contribution in [0.4, 0.5) is 11.4 Å². The second-order valence-corrected chi connectivity index (χ2v) is 6.25. The molecule has 0 saturated heterocycles. The Balaban J connectivity index is 1.75. The Morgan fingerprint density at radius 3 is 2.34 bits per heavy atom. The number of anilines is 1. The summed E-state index contributed by atoms with van der Waals surface area (Å²) in [6, 6.07) is 17.3. The van der Waals surface area contributed by atoms with Crippen molar-refractivity contribution in [1.82, 2.24) is 0 Å². The van der Waals surface area contributed by atoms with Crippen LogP contribution in [0.25, 0.3) is 0 Å². The molecular weight excluding hydrogens is 374 g/mol. The largest absolute Gasteiger partial charge is 0.450 e. The monoisotopic (exact) mass is 391 g/mol. The first-order valence-corrected chi connectivity index (χ1v) is 8.57. The quantitative estimate of drug-likeness (QED) is 0.484. The van der Waals surface area contributed by atoms with E-state index in [1.54, 1.807) is 42.5 Å². The van der Waals surface area contributed by atoms with Gasteiger partial charge in [0.2, 0.25) is 11.7 Å². The Hall–Kier alpha value is -4.20. The molecule has 3 rings (SSSR count). The number of carbonyl (C=O) groups excluding carboxylic acids is 2. The summed E-state index contributed by atoms with van der Waals surface area (Å²) in [5.41, 5.74) is 6.85. The number of nitrogens with one attached hydrogen (secondary N) is 1. The minimum absolute atomic E-state index is 0.0123. The van der Waals surface area contributed by atoms with E-state index in [0.717, 1.165) is 11.6 Å². The first-order chi connectivity index (χ1) is 13.8. The fourth-order valence-electron chi connectivity index (χ4n) is 2.62. The van der Waals surface area contributed by atoms with Crippen LogP contribution in [0.5, 0.6) is 11.5 Å². The Labute approximate surface area is 166 Å². The minimum atomic E-state index is -0.770. The molecule has 0 aliphatic rings. The molecule has 3 N–H and O–H groups in total. The maximum atomic E-state index is 12.3. The summed E-state index contributed by atoms with van der Waals surface area (Å²) in [6.07, 6.45) is 0. The van der Waals surface area contributed by atoms with Crippen LogP contribution in [-0.2, 0) is 0 Å². The van der Waals surface area contributed by atoms with Crippen molar-refractivity contribution >= 4 is 23.2 Å². The Bertz CT molecular complexity index is 1090. The number of hydrogen-bond acceptors (Lipinski definition) is 5. The van der Waals surface area contributed by atoms with Crippen molar-refractivity contribution in [3.05, 3.63) is 93.5 Å². The fraction of sp³-hybridized carbons (Fsp3) is 0.0476. The molecule has 0 unspecified atom stereocenters. The Morgan fingerprint density at radius 1 is 1.00 bits per heavy atom. The lowest BCUT2D eigenvalue weighted by atomic mass is 10.1. The summed E-state index contributed by atoms with van der Waals surface area (Å²) in [6.45, 7) is 1.90. The zero-order valence-electron chi connectivity index (χ0n) is 15.4. The number of hydrogen-bond donors (Lipinski definition) is 2. The number of ether oxygens (including phenoxy) is 1. The highest BCUT2D eigenvalue weighted by molar-refractivity contribution is 6.04. The number of carbonyl (C=O) groups is 2. The van der Waals surface area contributed by atoms with Crippen LogP contribution in [0.1, 0.15) is 26.3 Å². The number of amides is 2. The smallest absolute Gasteiger partial charge is 0.312 e. The number of nitro groups is 1. The third-order valence-electron chi connectivity index (χ3n) is 4.06. The van der Waals surface area contributed by atoms with E-state index in [2.05, 4.69) is 5.32 Å². The van der Waals surface area contributed by atoms with Gasteiger partial charge in [-0.1, -0.05) is 17.7 Å². The van der Waals surface area contributed by atoms with Crippen LogP contribution in [0.15, 0.2) is 66.7 Å². The molecular formula is C21H17N3O5. The molecule has 0 saturated carbocycles. The average molecular weight is 391 g/mol. The zero-order valence-corrected chi connectivity index (χ0v) is 15.4. The number of rotatable bonds is 6. The normalized spacial score (nSPS) is 10.2. The summed E-state index contributed by atoms with van der Waals surface area (Å²) in [5, 5.41) is 14.0. The molecule has 0 radical (unpaired) electrons. The van der Waals surface area contributed by atoms with Crippen LogP contribution in [0, 0.1) is 17.0 Å². The lowest BCUT2D eigenvalue weighted by Gasteiger charge is -2.09. The molecule has 0 fully saturated rings. The second kappa shape index (κ2) is 8.22. The molecule has 8 heteroatoms. The summed E-state index contributed by atoms with van der Waals surface area (Å²) < 4.78 is 5.56. The summed E-state index contributed by atoms with van der Waals surface area (Å²) in [4.78, 5) is 34.1. The van der Waals surface area contributed by atoms with Crippen LogP contribution in [0.2, 0.25) is 0 Å². The highest BCUT2D eigenvalue weighted by Gasteiger charge is 2.18. The van der Waals surface area contributed by atoms with Gasteiger partial charge in [0.25, 0.3) is 5.91 Å². The summed E-state index contributed by atoms with van der Waals surface area (Å²) in [5.74, 6) is -0.724. The summed E-state index contributed by atoms with van der Waals surface area (Å²) >= 11 is 0. The van der Waals surface area contributed by atoms with E-state index in [1.165, 1.54) is 12.1 Å². The molecule has 8 nitrogen and oxygen atoms in total. The number of nitro benzene ring substituents is 1. The van der Waals surface area contributed by atoms with Gasteiger partial charge in [-0.3, -0.25) is 19.7 Å². The van der Waals surface area contributed by atoms with Gasteiger partial charge in [-0.25, -0.2) is 0 Å². The first kappa shape index (κ1) is 19.6. The number of nitrogens with zero attached hydrogens (tertiary/aromatic N) is 1. The van der Waals surface area contributed by atoms with Gasteiger partial charge in [0, 0.05) is 22.9 Å². The lowest BCUT2D eigenvalue weighted by molar-refractivity contribution is -0.385. The van der Waals surface area contributed by atoms with Gasteiger partial charge >= 0.3 is 5.69 Å². The first-order valence-electron chi connectivity index (χ1n) is 8.57. The predicted molar refractivity (Wildman–Crippen MR) is 107 cm³/mol. The van der Waals surface area contributed by atoms with Crippen LogP contribution in [-0.4, -0.2) is 16.7 Å². The molecule has 29 heavy (non-hydrogen) atoms. The van der Waals surface area contributed by atoms with Gasteiger partial charge in [0.15, 0.2) is 0 Å². The van der Waals surface area contributed by atoms with Crippen molar-refractivity contribution in [2.45, 2.75) is 6.92 Å². The molecule has 0 heterocycles. The highest BCUT2D eigenvalue weighted by atomic mass is 16.6. The fourth-order valence-corrected chi connectivity index (χ4v) is 2.62. The van der Waals surface area contributed by atoms with E-state index in [1.807, 2.05) is 13.0 Å². The number of primary amides is 1. The van der Waals surface area contributed by atoms with Crippen LogP contribution < -0.4 is 15.8 Å². The molecule has 0 aliphatic carbocycles. The van der Waals surface area contributed by atoms with Crippen LogP contribution >= 0.6 is 0 Å². The second-order valence-electron chi connectivity index (χ2n) is 6.25. The third-order valence-corrected chi connectivity index (χ3v) is 4.06. The number of benzene rings is 3. The minimum Gasteiger partial charge on any atom is -0.450 e. The Kier molecular flexibility index (Phi) is 5.54. The molecule has 0 bridgehead atoms. The topological polar surface area (TPSA) is 125 Å². The van der Waals surface area contributed by atoms with Gasteiger partial charge in [0.1, 0.15) is 5.75 Å². The third kappa shape index (κ3) is 4.75. The van der Waals surface area contributed by atoms with E-state index < -0.39 is 10.8 Å². The molecule has 0 aliphatic heterocycles. The molecule has 3 aromatic rings. The van der Waals surface area contributed by atoms with E-state index in [-0.39, 0.29) is 22.9 Å². The van der Waals surface area contributed by atoms with Gasteiger partial charge in [-0.05, 0) is 55.5 Å². The van der Waals surface area contributed by atoms with Crippen molar-refractivity contribution < 1.29 is 19.2 Å². The van der Waals surface area contributed by atoms with E-state index in [9.17, 15) is 19.7 Å². The SMILES string of the molecule is Cc1cccc(C(=O)Nc2ccc(Oc3ccc(C(N)=O)cc3[N+](=O)[O-])cc2)c1. The van der Waals surface area contributed by atoms with Crippen LogP contribution in [0.3, 0.4) is 0 Å². The van der Waals surface area contributed by atoms with E-state index >= 15 is 0 Å². The predicted octanol–water partition coefficient (Wildman–Crippen LogP) is 4.05. The maximum Gasteiger partial charge on any atom is 0.312 e. The van der Waals surface area contributed by atoms with Crippen molar-refractivity contribution in [2.75, 3.05) is 5.32 Å². The van der Waals surface area contributed by atoms with Crippen molar-refractivity contribution in [1.29, 1.82) is 0 Å². The molecule has 0 spiro atoms. The van der Waals surface area contributed by atoms with E-state index in [4.69, 9.17) is 10.5 Å². The number of nitrogens with two attached hydrogens (primary N) is 1. The van der Waals surface area contributed by atoms with Crippen molar-refractivity contribution in [2.24, 2.45) is 5.73 Å². The standard InChI is InChI=1S/C21H17N3O5/c1-13-3-2-4-15(11-13)21(26)23-16-6-8-17(9-7-16)29-19-10-5-14(20(22)25)12-18(19)24(27)28/h2-12H,1H3,(H2,22,25)(H,23,26). The summed E-state index contributed by atoms with van der Waals surface area (Å²) in [7, 11) is 0. The van der Waals surface area contributed by atoms with E-state index in [0.29, 0.717) is 17.0 Å². The molecule has 2 amide bonds. The number of aryl methyl sites for hydroxylation is 1. The maximum absolute atomic E-state index is 12.3. The van der Waals surface area contributed by atoms with Gasteiger partial charge < -0.3 is 15.8 Å². The highest BCUT2D eigenvalue weighted by Crippen LogP contribution is 2.32. The average Bonchev–Trinajstić information content (AvgIpc) is 2.69. The molecule has 3 aromatic carbocycles. The van der Waals surface area contributed by atoms with Gasteiger partial charge in [-0.2, -0.15) is 0 Å². The molecule has 146 valence electrons. The molecule has 0 atom stereocenters. The van der Waals surface area contributed by atoms with Crippen molar-refractivity contribution in [3.63, 3.8) is 0 Å². The lowest BCUT2D eigenvalue weighted by Crippen LogP contribution is -2.11. The molecule has 0 aromatic heterocycles. The van der Waals surface area contributed by atoms with Crippen molar-refractivity contribution in [3.8, 4) is 11.5 Å². The zero-order chi connectivity index (χ0) is 21.0. The van der Waals surface area contributed by atoms with Gasteiger partial charge in [0.05, 0.1) is 4.92 Å².